The van der Waals surface area contributed by atoms with E-state index in [0.29, 0.717) is 37.9 Å². The van der Waals surface area contributed by atoms with Crippen LogP contribution < -0.4 is 19.5 Å². The van der Waals surface area contributed by atoms with Crippen molar-refractivity contribution in [1.82, 2.24) is 5.32 Å². The van der Waals surface area contributed by atoms with Crippen molar-refractivity contribution in [2.75, 3.05) is 39.2 Å². The van der Waals surface area contributed by atoms with Gasteiger partial charge in [-0.15, -0.1) is 0 Å². The molecule has 0 aliphatic heterocycles. The summed E-state index contributed by atoms with van der Waals surface area (Å²) in [7, 11) is -3.32. The lowest BCUT2D eigenvalue weighted by Gasteiger charge is -2.16. The van der Waals surface area contributed by atoms with Gasteiger partial charge in [0.1, 0.15) is 42.5 Å². The minimum absolute atomic E-state index is 0.121. The van der Waals surface area contributed by atoms with Crippen molar-refractivity contribution in [2.24, 2.45) is 0 Å². The molecule has 5 rings (SSSR count). The molecule has 0 radical (unpaired) electrons. The van der Waals surface area contributed by atoms with Gasteiger partial charge in [-0.25, -0.2) is 8.42 Å². The average molecular weight is 640 g/mol. The third-order valence-electron chi connectivity index (χ3n) is 7.20. The molecule has 0 atom stereocenters. The van der Waals surface area contributed by atoms with E-state index in [4.69, 9.17) is 18.9 Å². The molecule has 0 heterocycles. The summed E-state index contributed by atoms with van der Waals surface area (Å²) in [6, 6.07) is 34.2. The minimum Gasteiger partial charge on any atom is -0.494 e. The van der Waals surface area contributed by atoms with Crippen LogP contribution in [0.1, 0.15) is 12.0 Å². The second-order valence-electron chi connectivity index (χ2n) is 10.7. The van der Waals surface area contributed by atoms with E-state index in [1.165, 1.54) is 6.26 Å². The lowest BCUT2D eigenvalue weighted by Crippen LogP contribution is -2.22. The SMILES string of the molecule is CS(=O)(=O)c1ccc(-c2ccc3cc(OCc4ccccc4)ccc3c2Oc2ccc(OCCCNCCOCC=O)cc2)cc1. The van der Waals surface area contributed by atoms with Crippen molar-refractivity contribution in [2.45, 2.75) is 17.9 Å². The summed E-state index contributed by atoms with van der Waals surface area (Å²) < 4.78 is 47.7. The lowest BCUT2D eigenvalue weighted by molar-refractivity contribution is -0.111. The monoisotopic (exact) mass is 639 g/mol. The zero-order valence-corrected chi connectivity index (χ0v) is 26.5. The molecule has 0 aromatic heterocycles. The zero-order chi connectivity index (χ0) is 32.2. The number of benzene rings is 5. The maximum Gasteiger partial charge on any atom is 0.175 e. The van der Waals surface area contributed by atoms with E-state index in [1.54, 1.807) is 24.3 Å². The molecule has 238 valence electrons. The third-order valence-corrected chi connectivity index (χ3v) is 8.33. The van der Waals surface area contributed by atoms with E-state index < -0.39 is 9.84 Å². The number of ether oxygens (including phenoxy) is 4. The molecule has 1 N–H and O–H groups in total. The van der Waals surface area contributed by atoms with Gasteiger partial charge in [0, 0.05) is 23.8 Å². The van der Waals surface area contributed by atoms with Gasteiger partial charge in [0.15, 0.2) is 9.84 Å². The van der Waals surface area contributed by atoms with E-state index in [-0.39, 0.29) is 11.5 Å². The molecular formula is C37H37NO7S. The van der Waals surface area contributed by atoms with Crippen LogP contribution in [-0.2, 0) is 26.0 Å². The fourth-order valence-corrected chi connectivity index (χ4v) is 5.47. The Hall–Kier alpha value is -4.70. The fraction of sp³-hybridized carbons (Fsp3) is 0.216. The first kappa shape index (κ1) is 32.7. The Balaban J connectivity index is 1.32. The molecule has 0 fully saturated rings. The van der Waals surface area contributed by atoms with Crippen LogP contribution in [0.4, 0.5) is 0 Å². The molecule has 0 saturated carbocycles. The molecule has 5 aromatic carbocycles. The van der Waals surface area contributed by atoms with E-state index >= 15 is 0 Å². The molecule has 0 aliphatic carbocycles. The van der Waals surface area contributed by atoms with Crippen LogP contribution in [-0.4, -0.2) is 53.9 Å². The Morgan fingerprint density at radius 2 is 1.48 bits per heavy atom. The maximum atomic E-state index is 12.1. The second kappa shape index (κ2) is 16.0. The Bertz CT molecular complexity index is 1820. The summed E-state index contributed by atoms with van der Waals surface area (Å²) >= 11 is 0. The van der Waals surface area contributed by atoms with Gasteiger partial charge < -0.3 is 29.1 Å². The third kappa shape index (κ3) is 9.17. The van der Waals surface area contributed by atoms with Gasteiger partial charge in [-0.1, -0.05) is 48.5 Å². The van der Waals surface area contributed by atoms with Crippen molar-refractivity contribution in [1.29, 1.82) is 0 Å². The summed E-state index contributed by atoms with van der Waals surface area (Å²) in [6.07, 6.45) is 2.76. The highest BCUT2D eigenvalue weighted by molar-refractivity contribution is 7.90. The van der Waals surface area contributed by atoms with Gasteiger partial charge >= 0.3 is 0 Å². The highest BCUT2D eigenvalue weighted by Crippen LogP contribution is 2.41. The molecule has 0 saturated heterocycles. The molecule has 0 bridgehead atoms. The molecule has 9 heteroatoms. The number of carbonyl (C=O) groups is 1. The predicted octanol–water partition coefficient (Wildman–Crippen LogP) is 6.86. The van der Waals surface area contributed by atoms with Gasteiger partial charge in [-0.05, 0) is 90.1 Å². The highest BCUT2D eigenvalue weighted by Gasteiger charge is 2.15. The van der Waals surface area contributed by atoms with Crippen molar-refractivity contribution >= 4 is 26.9 Å². The van der Waals surface area contributed by atoms with Crippen LogP contribution in [0.15, 0.2) is 114 Å². The van der Waals surface area contributed by atoms with Crippen LogP contribution in [0.25, 0.3) is 21.9 Å². The van der Waals surface area contributed by atoms with E-state index in [9.17, 15) is 13.2 Å². The smallest absolute Gasteiger partial charge is 0.175 e. The maximum absolute atomic E-state index is 12.1. The number of sulfone groups is 1. The second-order valence-corrected chi connectivity index (χ2v) is 12.7. The van der Waals surface area contributed by atoms with Crippen molar-refractivity contribution < 1.29 is 32.2 Å². The molecule has 8 nitrogen and oxygen atoms in total. The molecule has 46 heavy (non-hydrogen) atoms. The van der Waals surface area contributed by atoms with E-state index in [1.807, 2.05) is 84.9 Å². The predicted molar refractivity (Wildman–Crippen MR) is 180 cm³/mol. The first-order valence-corrected chi connectivity index (χ1v) is 17.0. The largest absolute Gasteiger partial charge is 0.494 e. The summed E-state index contributed by atoms with van der Waals surface area (Å²) in [4.78, 5) is 10.5. The highest BCUT2D eigenvalue weighted by atomic mass is 32.2. The first-order valence-electron chi connectivity index (χ1n) is 15.1. The molecular weight excluding hydrogens is 602 g/mol. The first-order chi connectivity index (χ1) is 22.4. The molecule has 5 aromatic rings. The number of carbonyl (C=O) groups excluding carboxylic acids is 1. The Labute approximate surface area is 269 Å². The summed E-state index contributed by atoms with van der Waals surface area (Å²) in [5.74, 6) is 2.76. The number of fused-ring (bicyclic) bond motifs is 1. The van der Waals surface area contributed by atoms with Crippen LogP contribution in [0, 0.1) is 0 Å². The number of aldehydes is 1. The summed E-state index contributed by atoms with van der Waals surface area (Å²) in [5.41, 5.74) is 2.74. The van der Waals surface area contributed by atoms with Gasteiger partial charge in [-0.3, -0.25) is 0 Å². The number of hydrogen-bond acceptors (Lipinski definition) is 8. The van der Waals surface area contributed by atoms with Gasteiger partial charge in [-0.2, -0.15) is 0 Å². The van der Waals surface area contributed by atoms with Crippen molar-refractivity contribution in [3.05, 3.63) is 115 Å². The van der Waals surface area contributed by atoms with Crippen molar-refractivity contribution in [3.8, 4) is 34.1 Å². The Kier molecular flexibility index (Phi) is 11.4. The zero-order valence-electron chi connectivity index (χ0n) is 25.7. The van der Waals surface area contributed by atoms with Gasteiger partial charge in [0.05, 0.1) is 18.1 Å². The van der Waals surface area contributed by atoms with Crippen LogP contribution >= 0.6 is 0 Å². The topological polar surface area (TPSA) is 100 Å². The Morgan fingerprint density at radius 3 is 2.22 bits per heavy atom. The summed E-state index contributed by atoms with van der Waals surface area (Å²) in [5, 5.41) is 5.09. The summed E-state index contributed by atoms with van der Waals surface area (Å²) in [6.45, 7) is 3.08. The Morgan fingerprint density at radius 1 is 0.739 bits per heavy atom. The molecule has 0 amide bonds. The van der Waals surface area contributed by atoms with E-state index in [2.05, 4.69) is 5.32 Å². The van der Waals surface area contributed by atoms with Crippen LogP contribution in [0.5, 0.6) is 23.0 Å². The van der Waals surface area contributed by atoms with Crippen LogP contribution in [0.3, 0.4) is 0 Å². The average Bonchev–Trinajstić information content (AvgIpc) is 3.07. The normalized spacial score (nSPS) is 11.3. The van der Waals surface area contributed by atoms with Crippen LogP contribution in [0.2, 0.25) is 0 Å². The number of rotatable bonds is 17. The minimum atomic E-state index is -3.32. The fourth-order valence-electron chi connectivity index (χ4n) is 4.84. The van der Waals surface area contributed by atoms with Gasteiger partial charge in [0.25, 0.3) is 0 Å². The number of nitrogens with one attached hydrogen (secondary N) is 1. The van der Waals surface area contributed by atoms with Gasteiger partial charge in [0.2, 0.25) is 0 Å². The molecule has 0 unspecified atom stereocenters. The van der Waals surface area contributed by atoms with E-state index in [0.717, 1.165) is 58.2 Å². The molecule has 0 spiro atoms. The molecule has 0 aliphatic rings. The number of hydrogen-bond donors (Lipinski definition) is 1. The lowest BCUT2D eigenvalue weighted by atomic mass is 9.99. The standard InChI is InChI=1S/C37H37NO7S/c1-46(40,41)34-16-8-29(9-17-34)35-18-10-30-26-33(44-27-28-6-3-2-4-7-28)15-19-36(30)37(35)45-32-13-11-31(12-14-32)43-23-5-20-38-21-24-42-25-22-39/h2-4,6-19,22,26,38H,5,20-21,23-25,27H2,1H3. The quantitative estimate of drug-likeness (QED) is 0.0871. The van der Waals surface area contributed by atoms with Crippen molar-refractivity contribution in [3.63, 3.8) is 0 Å².